The quantitative estimate of drug-likeness (QED) is 0.704. The number of hydrogen-bond donors (Lipinski definition) is 2. The summed E-state index contributed by atoms with van der Waals surface area (Å²) < 4.78 is 25.6. The van der Waals surface area contributed by atoms with Crippen molar-refractivity contribution in [1.29, 1.82) is 0 Å². The molecule has 0 saturated carbocycles. The minimum absolute atomic E-state index is 0.306. The number of halogens is 2. The third kappa shape index (κ3) is 1.95. The molecule has 0 aromatic heterocycles. The molecule has 0 bridgehead atoms. The first-order valence-corrected chi connectivity index (χ1v) is 3.79. The Morgan fingerprint density at radius 1 is 1.23 bits per heavy atom. The molecule has 0 saturated heterocycles. The maximum Gasteiger partial charge on any atom is 0.187 e. The fourth-order valence-corrected chi connectivity index (χ4v) is 0.938. The second kappa shape index (κ2) is 2.96. The lowest BCUT2D eigenvalue weighted by Crippen LogP contribution is -2.28. The van der Waals surface area contributed by atoms with Crippen LogP contribution in [0.5, 0.6) is 5.75 Å². The zero-order valence-corrected chi connectivity index (χ0v) is 7.44. The number of aromatic hydroxyl groups is 1. The molecule has 1 aromatic rings. The number of hydrogen-bond acceptors (Lipinski definition) is 2. The van der Waals surface area contributed by atoms with Gasteiger partial charge in [-0.25, -0.2) is 8.78 Å². The molecule has 0 aliphatic rings. The van der Waals surface area contributed by atoms with Gasteiger partial charge in [-0.2, -0.15) is 0 Å². The number of rotatable bonds is 1. The minimum atomic E-state index is -0.992. The van der Waals surface area contributed by atoms with Gasteiger partial charge < -0.3 is 10.8 Å². The molecule has 0 atom stereocenters. The van der Waals surface area contributed by atoms with Gasteiger partial charge >= 0.3 is 0 Å². The minimum Gasteiger partial charge on any atom is -0.503 e. The van der Waals surface area contributed by atoms with Crippen LogP contribution >= 0.6 is 0 Å². The van der Waals surface area contributed by atoms with E-state index in [2.05, 4.69) is 0 Å². The molecule has 72 valence electrons. The van der Waals surface area contributed by atoms with Gasteiger partial charge in [0.05, 0.1) is 0 Å². The normalized spacial score (nSPS) is 11.8. The lowest BCUT2D eigenvalue weighted by Gasteiger charge is -2.19. The Morgan fingerprint density at radius 3 is 1.92 bits per heavy atom. The fourth-order valence-electron chi connectivity index (χ4n) is 0.938. The van der Waals surface area contributed by atoms with Crippen molar-refractivity contribution in [2.24, 2.45) is 5.73 Å². The molecule has 0 amide bonds. The molecule has 0 spiro atoms. The van der Waals surface area contributed by atoms with Crippen LogP contribution in [0.25, 0.3) is 0 Å². The van der Waals surface area contributed by atoms with E-state index in [9.17, 15) is 8.78 Å². The average Bonchev–Trinajstić information content (AvgIpc) is 1.97. The second-order valence-corrected chi connectivity index (χ2v) is 3.51. The molecular weight excluding hydrogens is 176 g/mol. The van der Waals surface area contributed by atoms with Crippen LogP contribution in [0.2, 0.25) is 0 Å². The lowest BCUT2D eigenvalue weighted by atomic mass is 9.95. The number of phenols is 1. The van der Waals surface area contributed by atoms with E-state index >= 15 is 0 Å². The van der Waals surface area contributed by atoms with E-state index in [1.54, 1.807) is 13.8 Å². The van der Waals surface area contributed by atoms with Gasteiger partial charge in [0.2, 0.25) is 0 Å². The summed E-state index contributed by atoms with van der Waals surface area (Å²) in [6, 6.07) is 2.05. The molecule has 2 nitrogen and oxygen atoms in total. The molecule has 0 radical (unpaired) electrons. The van der Waals surface area contributed by atoms with Gasteiger partial charge in [-0.1, -0.05) is 0 Å². The fraction of sp³-hybridized carbons (Fsp3) is 0.333. The highest BCUT2D eigenvalue weighted by Crippen LogP contribution is 2.26. The van der Waals surface area contributed by atoms with Crippen LogP contribution in [0, 0.1) is 11.6 Å². The largest absolute Gasteiger partial charge is 0.503 e. The predicted octanol–water partition coefficient (Wildman–Crippen LogP) is 1.86. The van der Waals surface area contributed by atoms with Gasteiger partial charge in [-0.3, -0.25) is 0 Å². The van der Waals surface area contributed by atoms with Crippen LogP contribution in [-0.4, -0.2) is 5.11 Å². The van der Waals surface area contributed by atoms with E-state index in [1.807, 2.05) is 0 Å². The third-order valence-corrected chi connectivity index (χ3v) is 1.76. The molecule has 0 aliphatic carbocycles. The molecule has 13 heavy (non-hydrogen) atoms. The maximum atomic E-state index is 12.8. The van der Waals surface area contributed by atoms with E-state index in [4.69, 9.17) is 10.8 Å². The van der Waals surface area contributed by atoms with Crippen molar-refractivity contribution in [3.05, 3.63) is 29.3 Å². The highest BCUT2D eigenvalue weighted by Gasteiger charge is 2.18. The molecule has 4 heteroatoms. The van der Waals surface area contributed by atoms with Crippen molar-refractivity contribution in [3.63, 3.8) is 0 Å². The standard InChI is InChI=1S/C9H11F2NO/c1-9(2,12)5-3-6(10)8(13)7(11)4-5/h3-4,13H,12H2,1-2H3. The highest BCUT2D eigenvalue weighted by molar-refractivity contribution is 5.33. The smallest absolute Gasteiger partial charge is 0.187 e. The Hall–Kier alpha value is -1.16. The van der Waals surface area contributed by atoms with Crippen molar-refractivity contribution in [2.75, 3.05) is 0 Å². The summed E-state index contributed by atoms with van der Waals surface area (Å²) >= 11 is 0. The molecule has 0 heterocycles. The van der Waals surface area contributed by atoms with Crippen LogP contribution in [0.1, 0.15) is 19.4 Å². The molecule has 0 aliphatic heterocycles. The van der Waals surface area contributed by atoms with Gasteiger partial charge in [0, 0.05) is 5.54 Å². The van der Waals surface area contributed by atoms with Crippen LogP contribution in [0.3, 0.4) is 0 Å². The summed E-state index contributed by atoms with van der Waals surface area (Å²) in [5.74, 6) is -2.95. The van der Waals surface area contributed by atoms with Gasteiger partial charge in [0.15, 0.2) is 17.4 Å². The van der Waals surface area contributed by atoms with E-state index in [0.29, 0.717) is 5.56 Å². The number of phenolic OH excluding ortho intramolecular Hbond substituents is 1. The summed E-state index contributed by atoms with van der Waals surface area (Å²) in [5.41, 5.74) is 5.11. The lowest BCUT2D eigenvalue weighted by molar-refractivity contribution is 0.392. The highest BCUT2D eigenvalue weighted by atomic mass is 19.1. The zero-order chi connectivity index (χ0) is 10.2. The number of nitrogens with two attached hydrogens (primary N) is 1. The molecule has 0 unspecified atom stereocenters. The number of benzene rings is 1. The van der Waals surface area contributed by atoms with Crippen LogP contribution in [0.4, 0.5) is 8.78 Å². The first-order chi connectivity index (χ1) is 5.82. The van der Waals surface area contributed by atoms with E-state index < -0.39 is 22.9 Å². The van der Waals surface area contributed by atoms with Gasteiger partial charge in [0.25, 0.3) is 0 Å². The summed E-state index contributed by atoms with van der Waals surface area (Å²) in [4.78, 5) is 0. The summed E-state index contributed by atoms with van der Waals surface area (Å²) in [5, 5.41) is 8.81. The summed E-state index contributed by atoms with van der Waals surface area (Å²) in [7, 11) is 0. The first-order valence-electron chi connectivity index (χ1n) is 3.79. The molecule has 1 aromatic carbocycles. The SMILES string of the molecule is CC(C)(N)c1cc(F)c(O)c(F)c1. The van der Waals surface area contributed by atoms with Crippen molar-refractivity contribution in [2.45, 2.75) is 19.4 Å². The van der Waals surface area contributed by atoms with Crippen molar-refractivity contribution >= 4 is 0 Å². The van der Waals surface area contributed by atoms with E-state index in [1.165, 1.54) is 0 Å². The zero-order valence-electron chi connectivity index (χ0n) is 7.44. The van der Waals surface area contributed by atoms with Crippen molar-refractivity contribution in [1.82, 2.24) is 0 Å². The summed E-state index contributed by atoms with van der Waals surface area (Å²) in [6.45, 7) is 3.25. The van der Waals surface area contributed by atoms with Crippen molar-refractivity contribution < 1.29 is 13.9 Å². The van der Waals surface area contributed by atoms with Gasteiger partial charge in [0.1, 0.15) is 0 Å². The van der Waals surface area contributed by atoms with Gasteiger partial charge in [-0.05, 0) is 31.5 Å². The topological polar surface area (TPSA) is 46.2 Å². The Kier molecular flexibility index (Phi) is 2.26. The Morgan fingerprint density at radius 2 is 1.62 bits per heavy atom. The Bertz CT molecular complexity index is 308. The first kappa shape index (κ1) is 9.92. The van der Waals surface area contributed by atoms with E-state index in [0.717, 1.165) is 12.1 Å². The predicted molar refractivity (Wildman–Crippen MR) is 45.2 cm³/mol. The Labute approximate surface area is 75.0 Å². The molecule has 0 fully saturated rings. The van der Waals surface area contributed by atoms with Crippen molar-refractivity contribution in [3.8, 4) is 5.75 Å². The van der Waals surface area contributed by atoms with Crippen LogP contribution in [0.15, 0.2) is 12.1 Å². The summed E-state index contributed by atoms with van der Waals surface area (Å²) in [6.07, 6.45) is 0. The molecule has 1 rings (SSSR count). The maximum absolute atomic E-state index is 12.8. The second-order valence-electron chi connectivity index (χ2n) is 3.51. The van der Waals surface area contributed by atoms with Crippen LogP contribution in [-0.2, 0) is 5.54 Å². The average molecular weight is 187 g/mol. The van der Waals surface area contributed by atoms with Crippen LogP contribution < -0.4 is 5.73 Å². The molecular formula is C9H11F2NO. The van der Waals surface area contributed by atoms with E-state index in [-0.39, 0.29) is 0 Å². The Balaban J connectivity index is 3.29. The van der Waals surface area contributed by atoms with Gasteiger partial charge in [-0.15, -0.1) is 0 Å². The third-order valence-electron chi connectivity index (χ3n) is 1.76. The molecule has 3 N–H and O–H groups in total. The monoisotopic (exact) mass is 187 g/mol.